The number of sulfonamides is 1. The maximum Gasteiger partial charge on any atom is 0.227 e. The molecule has 1 unspecified atom stereocenters. The number of aromatic nitrogens is 2. The van der Waals surface area contributed by atoms with Crippen LogP contribution in [0.15, 0.2) is 4.52 Å². The molecule has 7 nitrogen and oxygen atoms in total. The molecule has 1 aliphatic carbocycles. The smallest absolute Gasteiger partial charge is 0.227 e. The maximum absolute atomic E-state index is 11.9. The number of rotatable bonds is 8. The molecule has 0 aromatic carbocycles. The van der Waals surface area contributed by atoms with Gasteiger partial charge in [0, 0.05) is 25.6 Å². The lowest BCUT2D eigenvalue weighted by molar-refractivity contribution is 0.374. The molecule has 2 N–H and O–H groups in total. The van der Waals surface area contributed by atoms with E-state index in [1.165, 1.54) is 0 Å². The van der Waals surface area contributed by atoms with Crippen LogP contribution in [0.1, 0.15) is 31.5 Å². The van der Waals surface area contributed by atoms with Crippen LogP contribution in [0, 0.1) is 6.92 Å². The summed E-state index contributed by atoms with van der Waals surface area (Å²) in [5.41, 5.74) is 0. The minimum atomic E-state index is -3.29. The molecule has 2 rings (SSSR count). The average Bonchev–Trinajstić information content (AvgIpc) is 3.09. The summed E-state index contributed by atoms with van der Waals surface area (Å²) in [5.74, 6) is 1.00. The van der Waals surface area contributed by atoms with E-state index in [4.69, 9.17) is 4.52 Å². The van der Waals surface area contributed by atoms with Gasteiger partial charge < -0.3 is 9.84 Å². The van der Waals surface area contributed by atoms with Gasteiger partial charge in [-0.05, 0) is 26.7 Å². The predicted octanol–water partition coefficient (Wildman–Crippen LogP) is -0.0196. The van der Waals surface area contributed by atoms with Crippen molar-refractivity contribution in [2.75, 3.05) is 13.1 Å². The first-order valence-electron chi connectivity index (χ1n) is 6.48. The third-order valence-corrected chi connectivity index (χ3v) is 4.85. The topological polar surface area (TPSA) is 97.1 Å². The summed E-state index contributed by atoms with van der Waals surface area (Å²) in [6.07, 6.45) is 2.70. The second-order valence-electron chi connectivity index (χ2n) is 4.92. The minimum Gasteiger partial charge on any atom is -0.339 e. The molecule has 1 aliphatic rings. The van der Waals surface area contributed by atoms with Gasteiger partial charge in [-0.25, -0.2) is 13.1 Å². The van der Waals surface area contributed by atoms with Crippen molar-refractivity contribution >= 4 is 10.0 Å². The van der Waals surface area contributed by atoms with Gasteiger partial charge in [-0.1, -0.05) is 5.16 Å². The van der Waals surface area contributed by atoms with E-state index in [1.807, 2.05) is 0 Å². The fourth-order valence-electron chi connectivity index (χ4n) is 1.61. The standard InChI is InChI=1S/C11H20N4O3S/c1-8(7-12-10-3-4-10)19(16,17)13-6-5-11-14-9(2)15-18-11/h8,10,12-13H,3-7H2,1-2H3. The molecular weight excluding hydrogens is 268 g/mol. The van der Waals surface area contributed by atoms with Crippen molar-refractivity contribution in [2.45, 2.75) is 44.4 Å². The Hall–Kier alpha value is -0.990. The van der Waals surface area contributed by atoms with E-state index in [-0.39, 0.29) is 6.54 Å². The van der Waals surface area contributed by atoms with Crippen LogP contribution in [0.25, 0.3) is 0 Å². The molecule has 0 aliphatic heterocycles. The molecule has 0 amide bonds. The van der Waals surface area contributed by atoms with Crippen molar-refractivity contribution < 1.29 is 12.9 Å². The highest BCUT2D eigenvalue weighted by Gasteiger charge is 2.25. The van der Waals surface area contributed by atoms with Crippen LogP contribution in [0.4, 0.5) is 0 Å². The quantitative estimate of drug-likeness (QED) is 0.698. The van der Waals surface area contributed by atoms with E-state index >= 15 is 0 Å². The van der Waals surface area contributed by atoms with Gasteiger partial charge >= 0.3 is 0 Å². The predicted molar refractivity (Wildman–Crippen MR) is 70.1 cm³/mol. The Morgan fingerprint density at radius 2 is 2.21 bits per heavy atom. The van der Waals surface area contributed by atoms with E-state index in [2.05, 4.69) is 20.2 Å². The molecule has 1 aromatic rings. The molecule has 0 saturated heterocycles. The van der Waals surface area contributed by atoms with Crippen LogP contribution in [0.3, 0.4) is 0 Å². The summed E-state index contributed by atoms with van der Waals surface area (Å²) in [7, 11) is -3.29. The van der Waals surface area contributed by atoms with Crippen LogP contribution < -0.4 is 10.0 Å². The fourth-order valence-corrected chi connectivity index (χ4v) is 2.60. The van der Waals surface area contributed by atoms with Gasteiger partial charge in [-0.15, -0.1) is 0 Å². The fraction of sp³-hybridized carbons (Fsp3) is 0.818. The first kappa shape index (κ1) is 14.4. The number of nitrogens with zero attached hydrogens (tertiary/aromatic N) is 2. The molecule has 0 radical (unpaired) electrons. The van der Waals surface area contributed by atoms with Crippen LogP contribution in [0.2, 0.25) is 0 Å². The summed E-state index contributed by atoms with van der Waals surface area (Å²) in [6.45, 7) is 4.19. The number of nitrogens with one attached hydrogen (secondary N) is 2. The molecule has 1 heterocycles. The first-order valence-corrected chi connectivity index (χ1v) is 8.03. The highest BCUT2D eigenvalue weighted by atomic mass is 32.2. The molecule has 1 aromatic heterocycles. The Morgan fingerprint density at radius 3 is 2.79 bits per heavy atom. The van der Waals surface area contributed by atoms with Gasteiger partial charge in [-0.3, -0.25) is 0 Å². The minimum absolute atomic E-state index is 0.276. The van der Waals surface area contributed by atoms with Crippen LogP contribution >= 0.6 is 0 Å². The third-order valence-electron chi connectivity index (χ3n) is 3.01. The number of hydrogen-bond donors (Lipinski definition) is 2. The number of aryl methyl sites for hydroxylation is 1. The number of hydrogen-bond acceptors (Lipinski definition) is 6. The zero-order chi connectivity index (χ0) is 13.9. The van der Waals surface area contributed by atoms with E-state index in [0.29, 0.717) is 30.7 Å². The van der Waals surface area contributed by atoms with Gasteiger partial charge in [0.2, 0.25) is 15.9 Å². The van der Waals surface area contributed by atoms with Crippen molar-refractivity contribution in [1.29, 1.82) is 0 Å². The molecule has 1 saturated carbocycles. The van der Waals surface area contributed by atoms with Crippen LogP contribution in [-0.4, -0.2) is 42.9 Å². The van der Waals surface area contributed by atoms with Crippen LogP contribution in [-0.2, 0) is 16.4 Å². The molecule has 1 fully saturated rings. The summed E-state index contributed by atoms with van der Waals surface area (Å²) in [5, 5.41) is 6.42. The maximum atomic E-state index is 11.9. The Kier molecular flexibility index (Phi) is 4.54. The summed E-state index contributed by atoms with van der Waals surface area (Å²) in [6, 6.07) is 0.513. The molecule has 19 heavy (non-hydrogen) atoms. The van der Waals surface area contributed by atoms with E-state index in [0.717, 1.165) is 12.8 Å². The van der Waals surface area contributed by atoms with Gasteiger partial charge in [0.1, 0.15) is 0 Å². The highest BCUT2D eigenvalue weighted by molar-refractivity contribution is 7.90. The van der Waals surface area contributed by atoms with Gasteiger partial charge in [-0.2, -0.15) is 4.98 Å². The molecule has 8 heteroatoms. The van der Waals surface area contributed by atoms with Crippen LogP contribution in [0.5, 0.6) is 0 Å². The molecular formula is C11H20N4O3S. The monoisotopic (exact) mass is 288 g/mol. The lowest BCUT2D eigenvalue weighted by atomic mass is 10.4. The Balaban J connectivity index is 1.72. The zero-order valence-corrected chi connectivity index (χ0v) is 12.0. The first-order chi connectivity index (χ1) is 8.97. The summed E-state index contributed by atoms with van der Waals surface area (Å²) >= 11 is 0. The van der Waals surface area contributed by atoms with Crippen molar-refractivity contribution in [2.24, 2.45) is 0 Å². The normalized spacial score (nSPS) is 17.6. The van der Waals surface area contributed by atoms with E-state index in [1.54, 1.807) is 13.8 Å². The van der Waals surface area contributed by atoms with Crippen molar-refractivity contribution in [3.8, 4) is 0 Å². The summed E-state index contributed by atoms with van der Waals surface area (Å²) in [4.78, 5) is 4.02. The lowest BCUT2D eigenvalue weighted by Gasteiger charge is -2.14. The van der Waals surface area contributed by atoms with Crippen molar-refractivity contribution in [1.82, 2.24) is 20.2 Å². The Labute approximate surface area is 113 Å². The van der Waals surface area contributed by atoms with Crippen molar-refractivity contribution in [3.05, 3.63) is 11.7 Å². The Bertz CT molecular complexity index is 510. The molecule has 1 atom stereocenters. The largest absolute Gasteiger partial charge is 0.339 e. The molecule has 0 spiro atoms. The van der Waals surface area contributed by atoms with Gasteiger partial charge in [0.15, 0.2) is 5.82 Å². The molecule has 108 valence electrons. The highest BCUT2D eigenvalue weighted by Crippen LogP contribution is 2.18. The van der Waals surface area contributed by atoms with Gasteiger partial charge in [0.25, 0.3) is 0 Å². The second kappa shape index (κ2) is 5.98. The zero-order valence-electron chi connectivity index (χ0n) is 11.2. The average molecular weight is 288 g/mol. The SMILES string of the molecule is Cc1noc(CCNS(=O)(=O)C(C)CNC2CC2)n1. The molecule has 0 bridgehead atoms. The lowest BCUT2D eigenvalue weighted by Crippen LogP contribution is -2.40. The second-order valence-corrected chi connectivity index (χ2v) is 7.10. The van der Waals surface area contributed by atoms with Gasteiger partial charge in [0.05, 0.1) is 5.25 Å². The summed E-state index contributed by atoms with van der Waals surface area (Å²) < 4.78 is 31.4. The van der Waals surface area contributed by atoms with E-state index < -0.39 is 15.3 Å². The Morgan fingerprint density at radius 1 is 1.47 bits per heavy atom. The van der Waals surface area contributed by atoms with Crippen molar-refractivity contribution in [3.63, 3.8) is 0 Å². The van der Waals surface area contributed by atoms with E-state index in [9.17, 15) is 8.42 Å². The third kappa shape index (κ3) is 4.55.